The van der Waals surface area contributed by atoms with Gasteiger partial charge in [-0.25, -0.2) is 8.78 Å². The van der Waals surface area contributed by atoms with Crippen molar-refractivity contribution in [3.05, 3.63) is 64.6 Å². The topological polar surface area (TPSA) is 77.0 Å². The summed E-state index contributed by atoms with van der Waals surface area (Å²) < 4.78 is 28.9. The lowest BCUT2D eigenvalue weighted by atomic mass is 9.93. The van der Waals surface area contributed by atoms with Crippen molar-refractivity contribution in [3.8, 4) is 0 Å². The Balaban J connectivity index is 2.08. The largest absolute Gasteiger partial charge is 0.399 e. The summed E-state index contributed by atoms with van der Waals surface area (Å²) in [5.74, 6) is -1.43. The van der Waals surface area contributed by atoms with Crippen LogP contribution in [-0.2, 0) is 6.42 Å². The van der Waals surface area contributed by atoms with Crippen LogP contribution in [0.5, 0.6) is 0 Å². The Morgan fingerprint density at radius 3 is 2.86 bits per heavy atom. The van der Waals surface area contributed by atoms with Crippen LogP contribution in [-0.4, -0.2) is 10.6 Å². The molecule has 1 aromatic heterocycles. The maximum Gasteiger partial charge on any atom is 0.138 e. The van der Waals surface area contributed by atoms with Gasteiger partial charge in [0.15, 0.2) is 0 Å². The fourth-order valence-corrected chi connectivity index (χ4v) is 2.65. The molecular formula is C15H13ClF2N4. The molecule has 5 N–H and O–H groups in total. The maximum absolute atomic E-state index is 14.6. The van der Waals surface area contributed by atoms with Crippen LogP contribution < -0.4 is 16.8 Å². The van der Waals surface area contributed by atoms with Crippen LogP contribution in [0.3, 0.4) is 0 Å². The number of dihydropyridines is 1. The number of benzene rings is 1. The van der Waals surface area contributed by atoms with Crippen molar-refractivity contribution in [1.82, 2.24) is 10.3 Å². The average molecular weight is 323 g/mol. The molecule has 3 rings (SSSR count). The van der Waals surface area contributed by atoms with E-state index in [-0.39, 0.29) is 33.7 Å². The Morgan fingerprint density at radius 1 is 1.32 bits per heavy atom. The number of rotatable bonds is 2. The van der Waals surface area contributed by atoms with Crippen LogP contribution in [0.15, 0.2) is 47.4 Å². The second-order valence-electron chi connectivity index (χ2n) is 5.13. The molecule has 0 fully saturated rings. The second kappa shape index (κ2) is 5.23. The minimum Gasteiger partial charge on any atom is -0.399 e. The zero-order valence-corrected chi connectivity index (χ0v) is 12.2. The molecule has 1 unspecified atom stereocenters. The first-order chi connectivity index (χ1) is 10.4. The third-order valence-corrected chi connectivity index (χ3v) is 3.83. The number of fused-ring (bicyclic) bond motifs is 1. The van der Waals surface area contributed by atoms with Crippen LogP contribution in [0.1, 0.15) is 5.56 Å². The number of pyridine rings is 1. The predicted octanol–water partition coefficient (Wildman–Crippen LogP) is 2.24. The summed E-state index contributed by atoms with van der Waals surface area (Å²) in [6, 6.07) is 4.29. The van der Waals surface area contributed by atoms with Crippen molar-refractivity contribution >= 4 is 22.5 Å². The van der Waals surface area contributed by atoms with Crippen LogP contribution in [0.25, 0.3) is 10.9 Å². The van der Waals surface area contributed by atoms with E-state index in [0.29, 0.717) is 0 Å². The van der Waals surface area contributed by atoms with Gasteiger partial charge in [-0.3, -0.25) is 4.98 Å². The summed E-state index contributed by atoms with van der Waals surface area (Å²) >= 11 is 5.88. The zero-order chi connectivity index (χ0) is 15.9. The summed E-state index contributed by atoms with van der Waals surface area (Å²) in [6.07, 6.45) is 4.32. The summed E-state index contributed by atoms with van der Waals surface area (Å²) in [7, 11) is 0. The molecule has 0 spiro atoms. The molecule has 0 bridgehead atoms. The average Bonchev–Trinajstić information content (AvgIpc) is 2.48. The molecule has 0 saturated heterocycles. The third kappa shape index (κ3) is 2.40. The Labute approximate surface area is 130 Å². The summed E-state index contributed by atoms with van der Waals surface area (Å²) in [5, 5.41) is 3.23. The normalized spacial score (nSPS) is 21.3. The number of nitrogens with one attached hydrogen (secondary N) is 1. The molecule has 114 valence electrons. The molecule has 2 heterocycles. The zero-order valence-electron chi connectivity index (χ0n) is 11.4. The first-order valence-electron chi connectivity index (χ1n) is 6.53. The van der Waals surface area contributed by atoms with E-state index in [1.54, 1.807) is 6.07 Å². The maximum atomic E-state index is 14.6. The van der Waals surface area contributed by atoms with Gasteiger partial charge in [0.1, 0.15) is 22.5 Å². The first kappa shape index (κ1) is 14.7. The lowest BCUT2D eigenvalue weighted by molar-refractivity contribution is 0.410. The van der Waals surface area contributed by atoms with Crippen molar-refractivity contribution in [1.29, 1.82) is 0 Å². The highest BCUT2D eigenvalue weighted by atomic mass is 35.5. The monoisotopic (exact) mass is 322 g/mol. The highest BCUT2D eigenvalue weighted by Gasteiger charge is 2.33. The highest BCUT2D eigenvalue weighted by Crippen LogP contribution is 2.27. The van der Waals surface area contributed by atoms with Gasteiger partial charge in [-0.2, -0.15) is 0 Å². The molecule has 4 nitrogen and oxygen atoms in total. The number of hydrogen-bond acceptors (Lipinski definition) is 4. The van der Waals surface area contributed by atoms with Gasteiger partial charge in [0, 0.05) is 35.3 Å². The van der Waals surface area contributed by atoms with Gasteiger partial charge < -0.3 is 16.8 Å². The SMILES string of the molecule is NC1=CC=C(Cl)NC1(N)Cc1c(F)cc2ncccc2c1F. The Bertz CT molecular complexity index is 819. The molecular weight excluding hydrogens is 310 g/mol. The number of nitrogens with two attached hydrogens (primary N) is 2. The minimum atomic E-state index is -1.36. The van der Waals surface area contributed by atoms with Crippen molar-refractivity contribution < 1.29 is 8.78 Å². The molecule has 1 atom stereocenters. The van der Waals surface area contributed by atoms with E-state index in [2.05, 4.69) is 10.3 Å². The quantitative estimate of drug-likeness (QED) is 0.741. The first-order valence-corrected chi connectivity index (χ1v) is 6.90. The van der Waals surface area contributed by atoms with Crippen LogP contribution >= 0.6 is 11.6 Å². The van der Waals surface area contributed by atoms with Gasteiger partial charge in [-0.1, -0.05) is 11.6 Å². The van der Waals surface area contributed by atoms with Gasteiger partial charge in [-0.15, -0.1) is 0 Å². The lowest BCUT2D eigenvalue weighted by Crippen LogP contribution is -2.59. The van der Waals surface area contributed by atoms with Gasteiger partial charge in [0.2, 0.25) is 0 Å². The summed E-state index contributed by atoms with van der Waals surface area (Å²) in [5.41, 5.74) is 10.9. The number of nitrogens with zero attached hydrogens (tertiary/aromatic N) is 1. The second-order valence-corrected chi connectivity index (χ2v) is 5.54. The van der Waals surface area contributed by atoms with E-state index in [4.69, 9.17) is 23.1 Å². The van der Waals surface area contributed by atoms with E-state index < -0.39 is 17.3 Å². The predicted molar refractivity (Wildman–Crippen MR) is 81.6 cm³/mol. The molecule has 22 heavy (non-hydrogen) atoms. The van der Waals surface area contributed by atoms with Gasteiger partial charge in [0.25, 0.3) is 0 Å². The fraction of sp³-hybridized carbons (Fsp3) is 0.133. The summed E-state index contributed by atoms with van der Waals surface area (Å²) in [6.45, 7) is 0. The fourth-order valence-electron chi connectivity index (χ4n) is 2.42. The smallest absolute Gasteiger partial charge is 0.138 e. The van der Waals surface area contributed by atoms with Crippen LogP contribution in [0.4, 0.5) is 8.78 Å². The molecule has 1 aliphatic heterocycles. The number of hydrogen-bond donors (Lipinski definition) is 3. The van der Waals surface area contributed by atoms with E-state index in [9.17, 15) is 8.78 Å². The Morgan fingerprint density at radius 2 is 2.09 bits per heavy atom. The van der Waals surface area contributed by atoms with Crippen LogP contribution in [0.2, 0.25) is 0 Å². The Hall–Kier alpha value is -2.18. The number of allylic oxidation sites excluding steroid dienone is 2. The van der Waals surface area contributed by atoms with E-state index >= 15 is 0 Å². The number of halogens is 3. The Kier molecular flexibility index (Phi) is 3.50. The number of aromatic nitrogens is 1. The van der Waals surface area contributed by atoms with Gasteiger partial charge in [-0.05, 0) is 24.3 Å². The van der Waals surface area contributed by atoms with Crippen molar-refractivity contribution in [3.63, 3.8) is 0 Å². The van der Waals surface area contributed by atoms with E-state index in [0.717, 1.165) is 0 Å². The molecule has 0 radical (unpaired) electrons. The van der Waals surface area contributed by atoms with Crippen LogP contribution in [0, 0.1) is 11.6 Å². The molecule has 0 saturated carbocycles. The summed E-state index contributed by atoms with van der Waals surface area (Å²) in [4.78, 5) is 3.94. The van der Waals surface area contributed by atoms with Gasteiger partial charge >= 0.3 is 0 Å². The van der Waals surface area contributed by atoms with E-state index in [1.807, 2.05) is 0 Å². The molecule has 2 aromatic rings. The van der Waals surface area contributed by atoms with E-state index in [1.165, 1.54) is 30.5 Å². The molecule has 0 aliphatic carbocycles. The highest BCUT2D eigenvalue weighted by molar-refractivity contribution is 6.29. The lowest BCUT2D eigenvalue weighted by Gasteiger charge is -2.34. The third-order valence-electron chi connectivity index (χ3n) is 3.61. The van der Waals surface area contributed by atoms with Gasteiger partial charge in [0.05, 0.1) is 5.52 Å². The molecule has 0 amide bonds. The standard InChI is InChI=1S/C15H13ClF2N4/c16-13-4-3-12(19)15(20,22-13)7-9-10(17)6-11-8(14(9)18)2-1-5-21-11/h1-6,22H,7,19-20H2. The van der Waals surface area contributed by atoms with Crippen molar-refractivity contribution in [2.45, 2.75) is 12.1 Å². The minimum absolute atomic E-state index is 0.168. The molecule has 1 aromatic carbocycles. The van der Waals surface area contributed by atoms with Crippen molar-refractivity contribution in [2.24, 2.45) is 11.5 Å². The van der Waals surface area contributed by atoms with Crippen molar-refractivity contribution in [2.75, 3.05) is 0 Å². The molecule has 1 aliphatic rings. The molecule has 7 heteroatoms.